The van der Waals surface area contributed by atoms with Crippen LogP contribution in [0.3, 0.4) is 0 Å². The first-order valence-corrected chi connectivity index (χ1v) is 7.29. The first-order valence-electron chi connectivity index (χ1n) is 7.29. The maximum atomic E-state index is 10.8. The number of nitrogens with zero attached hydrogens (tertiary/aromatic N) is 3. The molecule has 23 heavy (non-hydrogen) atoms. The molecule has 0 atom stereocenters. The topological polar surface area (TPSA) is 47.3 Å². The summed E-state index contributed by atoms with van der Waals surface area (Å²) in [6.45, 7) is 0. The molecule has 2 heterocycles. The molecule has 4 heteroatoms. The minimum atomic E-state index is 0.654. The van der Waals surface area contributed by atoms with Gasteiger partial charge in [0.05, 0.1) is 23.6 Å². The largest absolute Gasteiger partial charge is 0.298 e. The summed E-state index contributed by atoms with van der Waals surface area (Å²) in [5.41, 5.74) is 4.49. The summed E-state index contributed by atoms with van der Waals surface area (Å²) in [5, 5.41) is 0. The molecule has 0 aliphatic rings. The second-order valence-electron chi connectivity index (χ2n) is 5.26. The second kappa shape index (κ2) is 5.50. The molecule has 0 amide bonds. The standard InChI is InChI=1S/C19H13N3O/c23-13-14-6-8-16(9-7-14)19-21-11-17-10-20-18(12-22(17)19)15-4-2-1-3-5-15/h1-13H. The van der Waals surface area contributed by atoms with Gasteiger partial charge in [-0.2, -0.15) is 0 Å². The molecule has 4 nitrogen and oxygen atoms in total. The van der Waals surface area contributed by atoms with Crippen LogP contribution in [0.5, 0.6) is 0 Å². The number of benzene rings is 2. The van der Waals surface area contributed by atoms with Gasteiger partial charge in [0, 0.05) is 22.9 Å². The number of aldehydes is 1. The zero-order valence-corrected chi connectivity index (χ0v) is 12.3. The lowest BCUT2D eigenvalue weighted by atomic mass is 10.1. The average molecular weight is 299 g/mol. The van der Waals surface area contributed by atoms with Crippen LogP contribution < -0.4 is 0 Å². The van der Waals surface area contributed by atoms with E-state index >= 15 is 0 Å². The molecule has 4 aromatic rings. The fourth-order valence-electron chi connectivity index (χ4n) is 2.58. The zero-order valence-electron chi connectivity index (χ0n) is 12.3. The Balaban J connectivity index is 1.85. The summed E-state index contributed by atoms with van der Waals surface area (Å²) in [5.74, 6) is 0.831. The van der Waals surface area contributed by atoms with E-state index in [0.29, 0.717) is 5.56 Å². The monoisotopic (exact) mass is 299 g/mol. The molecule has 0 bridgehead atoms. The fourth-order valence-corrected chi connectivity index (χ4v) is 2.58. The lowest BCUT2D eigenvalue weighted by Crippen LogP contribution is -1.93. The lowest BCUT2D eigenvalue weighted by molar-refractivity contribution is 0.112. The van der Waals surface area contributed by atoms with Gasteiger partial charge in [0.1, 0.15) is 12.1 Å². The molecule has 0 aliphatic carbocycles. The summed E-state index contributed by atoms with van der Waals surface area (Å²) < 4.78 is 2.02. The summed E-state index contributed by atoms with van der Waals surface area (Å²) in [7, 11) is 0. The van der Waals surface area contributed by atoms with Crippen LogP contribution in [-0.4, -0.2) is 20.7 Å². The van der Waals surface area contributed by atoms with Crippen LogP contribution in [0.1, 0.15) is 10.4 Å². The van der Waals surface area contributed by atoms with E-state index in [1.54, 1.807) is 18.3 Å². The van der Waals surface area contributed by atoms with Crippen LogP contribution >= 0.6 is 0 Å². The van der Waals surface area contributed by atoms with Gasteiger partial charge in [0.25, 0.3) is 0 Å². The van der Waals surface area contributed by atoms with Crippen molar-refractivity contribution < 1.29 is 4.79 Å². The SMILES string of the molecule is O=Cc1ccc(-c2ncc3cnc(-c4ccccc4)cn23)cc1. The number of hydrogen-bond acceptors (Lipinski definition) is 3. The Hall–Kier alpha value is -3.27. The highest BCUT2D eigenvalue weighted by Crippen LogP contribution is 2.23. The van der Waals surface area contributed by atoms with Crippen molar-refractivity contribution in [2.75, 3.05) is 0 Å². The minimum Gasteiger partial charge on any atom is -0.298 e. The first-order chi connectivity index (χ1) is 11.3. The van der Waals surface area contributed by atoms with Crippen molar-refractivity contribution in [1.82, 2.24) is 14.4 Å². The highest BCUT2D eigenvalue weighted by atomic mass is 16.1. The van der Waals surface area contributed by atoms with E-state index in [1.165, 1.54) is 0 Å². The van der Waals surface area contributed by atoms with Crippen LogP contribution in [0.15, 0.2) is 73.2 Å². The van der Waals surface area contributed by atoms with Crippen molar-refractivity contribution in [3.05, 3.63) is 78.8 Å². The predicted molar refractivity (Wildman–Crippen MR) is 89.2 cm³/mol. The van der Waals surface area contributed by atoms with Crippen LogP contribution in [-0.2, 0) is 0 Å². The first kappa shape index (κ1) is 13.4. The van der Waals surface area contributed by atoms with E-state index in [9.17, 15) is 4.79 Å². The number of rotatable bonds is 3. The zero-order chi connectivity index (χ0) is 15.6. The number of hydrogen-bond donors (Lipinski definition) is 0. The highest BCUT2D eigenvalue weighted by molar-refractivity contribution is 5.76. The molecule has 0 aliphatic heterocycles. The predicted octanol–water partition coefficient (Wildman–Crippen LogP) is 3.88. The van der Waals surface area contributed by atoms with Crippen LogP contribution in [0.25, 0.3) is 28.2 Å². The van der Waals surface area contributed by atoms with Crippen molar-refractivity contribution in [1.29, 1.82) is 0 Å². The molecule has 0 unspecified atom stereocenters. The summed E-state index contributed by atoms with van der Waals surface area (Å²) in [4.78, 5) is 19.8. The van der Waals surface area contributed by atoms with E-state index in [1.807, 2.05) is 59.3 Å². The van der Waals surface area contributed by atoms with Gasteiger partial charge in [0.2, 0.25) is 0 Å². The van der Waals surface area contributed by atoms with Crippen molar-refractivity contribution in [3.63, 3.8) is 0 Å². The lowest BCUT2D eigenvalue weighted by Gasteiger charge is -2.05. The molecular formula is C19H13N3O. The molecule has 0 fully saturated rings. The van der Waals surface area contributed by atoms with Gasteiger partial charge in [-0.05, 0) is 0 Å². The van der Waals surface area contributed by atoms with E-state index < -0.39 is 0 Å². The van der Waals surface area contributed by atoms with Gasteiger partial charge >= 0.3 is 0 Å². The van der Waals surface area contributed by atoms with Gasteiger partial charge < -0.3 is 0 Å². The average Bonchev–Trinajstić information content (AvgIpc) is 3.05. The molecule has 110 valence electrons. The Morgan fingerprint density at radius 1 is 0.826 bits per heavy atom. The molecule has 0 N–H and O–H groups in total. The number of carbonyl (C=O) groups excluding carboxylic acids is 1. The summed E-state index contributed by atoms with van der Waals surface area (Å²) in [6.07, 6.45) is 6.44. The molecule has 0 saturated carbocycles. The smallest absolute Gasteiger partial charge is 0.150 e. The van der Waals surface area contributed by atoms with Crippen LogP contribution in [0, 0.1) is 0 Å². The highest BCUT2D eigenvalue weighted by Gasteiger charge is 2.08. The number of fused-ring (bicyclic) bond motifs is 1. The number of aromatic nitrogens is 3. The molecular weight excluding hydrogens is 286 g/mol. The van der Waals surface area contributed by atoms with E-state index in [-0.39, 0.29) is 0 Å². The van der Waals surface area contributed by atoms with Gasteiger partial charge in [-0.25, -0.2) is 4.98 Å². The van der Waals surface area contributed by atoms with E-state index in [2.05, 4.69) is 9.97 Å². The van der Waals surface area contributed by atoms with E-state index in [4.69, 9.17) is 0 Å². The quantitative estimate of drug-likeness (QED) is 0.539. The van der Waals surface area contributed by atoms with Crippen LogP contribution in [0.2, 0.25) is 0 Å². The Bertz CT molecular complexity index is 973. The molecule has 2 aromatic carbocycles. The molecule has 4 rings (SSSR count). The Kier molecular flexibility index (Phi) is 3.20. The minimum absolute atomic E-state index is 0.654. The normalized spacial score (nSPS) is 10.8. The van der Waals surface area contributed by atoms with Gasteiger partial charge in [0.15, 0.2) is 0 Å². The maximum absolute atomic E-state index is 10.8. The molecule has 2 aromatic heterocycles. The van der Waals surface area contributed by atoms with Crippen molar-refractivity contribution in [2.24, 2.45) is 0 Å². The second-order valence-corrected chi connectivity index (χ2v) is 5.26. The molecule has 0 saturated heterocycles. The fraction of sp³-hybridized carbons (Fsp3) is 0. The summed E-state index contributed by atoms with van der Waals surface area (Å²) >= 11 is 0. The maximum Gasteiger partial charge on any atom is 0.150 e. The third kappa shape index (κ3) is 2.40. The Morgan fingerprint density at radius 2 is 1.57 bits per heavy atom. The number of carbonyl (C=O) groups is 1. The van der Waals surface area contributed by atoms with Gasteiger partial charge in [-0.3, -0.25) is 14.2 Å². The van der Waals surface area contributed by atoms with Gasteiger partial charge in [-0.1, -0.05) is 54.6 Å². The number of imidazole rings is 1. The van der Waals surface area contributed by atoms with Crippen molar-refractivity contribution in [2.45, 2.75) is 0 Å². The molecule has 0 spiro atoms. The van der Waals surface area contributed by atoms with E-state index in [0.717, 1.165) is 34.4 Å². The molecule has 0 radical (unpaired) electrons. The van der Waals surface area contributed by atoms with Crippen LogP contribution in [0.4, 0.5) is 0 Å². The third-order valence-electron chi connectivity index (χ3n) is 3.79. The Morgan fingerprint density at radius 3 is 2.30 bits per heavy atom. The van der Waals surface area contributed by atoms with Crippen molar-refractivity contribution in [3.8, 4) is 22.6 Å². The summed E-state index contributed by atoms with van der Waals surface area (Å²) in [6, 6.07) is 17.4. The van der Waals surface area contributed by atoms with Gasteiger partial charge in [-0.15, -0.1) is 0 Å². The third-order valence-corrected chi connectivity index (χ3v) is 3.79. The van der Waals surface area contributed by atoms with Crippen molar-refractivity contribution >= 4 is 11.8 Å². The Labute approximate surface area is 133 Å².